The molecule has 6 aliphatic rings. The number of amides is 1. The highest BCUT2D eigenvalue weighted by atomic mass is 19.4. The monoisotopic (exact) mass is 408 g/mol. The van der Waals surface area contributed by atoms with E-state index < -0.39 is 18.9 Å². The molecular formula is C21H27F3N4O. The summed E-state index contributed by atoms with van der Waals surface area (Å²) >= 11 is 0. The molecule has 29 heavy (non-hydrogen) atoms. The van der Waals surface area contributed by atoms with Gasteiger partial charge < -0.3 is 20.9 Å². The predicted octanol–water partition coefficient (Wildman–Crippen LogP) is 2.75. The number of nitrogens with one attached hydrogen (secondary N) is 3. The lowest BCUT2D eigenvalue weighted by Gasteiger charge is -2.57. The van der Waals surface area contributed by atoms with E-state index in [1.54, 1.807) is 0 Å². The highest BCUT2D eigenvalue weighted by Crippen LogP contribution is 2.55. The van der Waals surface area contributed by atoms with E-state index in [9.17, 15) is 18.0 Å². The largest absolute Gasteiger partial charge is 0.401 e. The molecule has 0 aromatic heterocycles. The molecule has 2 heterocycles. The van der Waals surface area contributed by atoms with E-state index in [-0.39, 0.29) is 18.0 Å². The number of rotatable bonds is 5. The number of carbonyl (C=O) groups excluding carboxylic acids is 1. The standard InChI is InChI=1S/C21H27F3N4O/c22-21(23,24)12-25-11-16-17-3-1-2-4-28(17)18(26-16)19(29)27-20-8-13-5-14(9-20)7-15(6-13)10-20/h1-4,13-15,18,25-26H,5-12H2,(H,27,29). The molecule has 4 fully saturated rings. The second-order valence-corrected chi connectivity index (χ2v) is 9.42. The van der Waals surface area contributed by atoms with E-state index in [4.69, 9.17) is 0 Å². The van der Waals surface area contributed by atoms with Crippen molar-refractivity contribution < 1.29 is 18.0 Å². The van der Waals surface area contributed by atoms with Crippen molar-refractivity contribution >= 4 is 5.91 Å². The van der Waals surface area contributed by atoms with Crippen molar-refractivity contribution in [2.24, 2.45) is 17.8 Å². The van der Waals surface area contributed by atoms with E-state index >= 15 is 0 Å². The van der Waals surface area contributed by atoms with E-state index in [1.807, 2.05) is 29.3 Å². The molecule has 3 N–H and O–H groups in total. The Labute approximate surface area is 168 Å². The van der Waals surface area contributed by atoms with Crippen LogP contribution in [0.25, 0.3) is 0 Å². The highest BCUT2D eigenvalue weighted by molar-refractivity contribution is 5.84. The van der Waals surface area contributed by atoms with Crippen molar-refractivity contribution in [1.29, 1.82) is 0 Å². The Morgan fingerprint density at radius 3 is 2.41 bits per heavy atom. The number of nitrogens with zero attached hydrogens (tertiary/aromatic N) is 1. The van der Waals surface area contributed by atoms with Crippen LogP contribution < -0.4 is 16.0 Å². The number of alkyl halides is 3. The summed E-state index contributed by atoms with van der Waals surface area (Å²) in [7, 11) is 0. The van der Waals surface area contributed by atoms with Crippen LogP contribution >= 0.6 is 0 Å². The fourth-order valence-corrected chi connectivity index (χ4v) is 6.50. The second kappa shape index (κ2) is 6.79. The van der Waals surface area contributed by atoms with Crippen molar-refractivity contribution in [3.63, 3.8) is 0 Å². The zero-order valence-corrected chi connectivity index (χ0v) is 16.3. The van der Waals surface area contributed by atoms with Gasteiger partial charge in [0.1, 0.15) is 0 Å². The maximum atomic E-state index is 13.3. The summed E-state index contributed by atoms with van der Waals surface area (Å²) in [6, 6.07) is 0. The molecule has 158 valence electrons. The minimum absolute atomic E-state index is 0.0324. The van der Waals surface area contributed by atoms with Crippen molar-refractivity contribution in [1.82, 2.24) is 20.9 Å². The molecule has 4 saturated carbocycles. The molecule has 4 aliphatic carbocycles. The lowest BCUT2D eigenvalue weighted by Crippen LogP contribution is -2.63. The first-order chi connectivity index (χ1) is 13.8. The van der Waals surface area contributed by atoms with Gasteiger partial charge in [-0.3, -0.25) is 4.79 Å². The van der Waals surface area contributed by atoms with E-state index in [0.717, 1.165) is 42.7 Å². The summed E-state index contributed by atoms with van der Waals surface area (Å²) in [5.41, 5.74) is 1.26. The summed E-state index contributed by atoms with van der Waals surface area (Å²) < 4.78 is 37.4. The third-order valence-corrected chi connectivity index (χ3v) is 7.09. The maximum Gasteiger partial charge on any atom is 0.401 e. The van der Waals surface area contributed by atoms with Gasteiger partial charge in [0, 0.05) is 18.3 Å². The summed E-state index contributed by atoms with van der Waals surface area (Å²) in [6.45, 7) is -1.03. The fraction of sp³-hybridized carbons (Fsp3) is 0.667. The molecule has 2 aliphatic heterocycles. The van der Waals surface area contributed by atoms with Gasteiger partial charge in [-0.25, -0.2) is 0 Å². The summed E-state index contributed by atoms with van der Waals surface area (Å²) in [5.74, 6) is 2.10. The average Bonchev–Trinajstić information content (AvgIpc) is 2.98. The van der Waals surface area contributed by atoms with Gasteiger partial charge in [0.2, 0.25) is 0 Å². The van der Waals surface area contributed by atoms with E-state index in [0.29, 0.717) is 5.70 Å². The first-order valence-electron chi connectivity index (χ1n) is 10.5. The van der Waals surface area contributed by atoms with Crippen LogP contribution in [-0.4, -0.2) is 41.8 Å². The summed E-state index contributed by atoms with van der Waals surface area (Å²) in [6.07, 6.45) is 9.51. The normalized spacial score (nSPS) is 37.1. The Morgan fingerprint density at radius 2 is 1.79 bits per heavy atom. The number of carbonyl (C=O) groups is 1. The molecule has 8 heteroatoms. The lowest BCUT2D eigenvalue weighted by molar-refractivity contribution is -0.131. The smallest absolute Gasteiger partial charge is 0.358 e. The molecule has 0 aromatic carbocycles. The highest BCUT2D eigenvalue weighted by Gasteiger charge is 2.52. The Hall–Kier alpha value is -1.96. The Bertz CT molecular complexity index is 750. The van der Waals surface area contributed by atoms with Crippen LogP contribution in [0.15, 0.2) is 35.8 Å². The third-order valence-electron chi connectivity index (χ3n) is 7.09. The molecule has 1 amide bonds. The van der Waals surface area contributed by atoms with Crippen molar-refractivity contribution in [2.75, 3.05) is 13.1 Å². The van der Waals surface area contributed by atoms with Crippen LogP contribution in [0.2, 0.25) is 0 Å². The summed E-state index contributed by atoms with van der Waals surface area (Å²) in [5, 5.41) is 8.96. The first-order valence-corrected chi connectivity index (χ1v) is 10.5. The van der Waals surface area contributed by atoms with Gasteiger partial charge in [-0.1, -0.05) is 6.08 Å². The minimum Gasteiger partial charge on any atom is -0.358 e. The Balaban J connectivity index is 1.27. The Morgan fingerprint density at radius 1 is 1.14 bits per heavy atom. The van der Waals surface area contributed by atoms with Crippen LogP contribution in [0.4, 0.5) is 13.2 Å². The summed E-state index contributed by atoms with van der Waals surface area (Å²) in [4.78, 5) is 15.1. The molecule has 6 rings (SSSR count). The van der Waals surface area contributed by atoms with Crippen LogP contribution in [-0.2, 0) is 4.79 Å². The SMILES string of the molecule is O=C(NC12CC3CC(CC(C3)C1)C2)C1NC(CNCC(F)(F)F)=C2C=CC=CN21. The van der Waals surface area contributed by atoms with Crippen LogP contribution in [0.1, 0.15) is 38.5 Å². The van der Waals surface area contributed by atoms with Gasteiger partial charge in [-0.2, -0.15) is 13.2 Å². The molecule has 1 atom stereocenters. The first kappa shape index (κ1) is 19.0. The molecule has 1 unspecified atom stereocenters. The van der Waals surface area contributed by atoms with Crippen LogP contribution in [0.3, 0.4) is 0 Å². The Kier molecular flexibility index (Phi) is 4.46. The molecular weight excluding hydrogens is 381 g/mol. The van der Waals surface area contributed by atoms with E-state index in [1.165, 1.54) is 19.3 Å². The number of fused-ring (bicyclic) bond motifs is 1. The predicted molar refractivity (Wildman–Crippen MR) is 102 cm³/mol. The number of hydrogen-bond donors (Lipinski definition) is 3. The second-order valence-electron chi connectivity index (χ2n) is 9.42. The zero-order chi connectivity index (χ0) is 20.2. The van der Waals surface area contributed by atoms with Gasteiger partial charge in [0.15, 0.2) is 6.17 Å². The van der Waals surface area contributed by atoms with Gasteiger partial charge in [-0.15, -0.1) is 0 Å². The number of allylic oxidation sites excluding steroid dienone is 3. The molecule has 5 nitrogen and oxygen atoms in total. The van der Waals surface area contributed by atoms with Gasteiger partial charge >= 0.3 is 6.18 Å². The van der Waals surface area contributed by atoms with E-state index in [2.05, 4.69) is 16.0 Å². The van der Waals surface area contributed by atoms with Gasteiger partial charge in [0.05, 0.1) is 17.9 Å². The van der Waals surface area contributed by atoms with Gasteiger partial charge in [0.25, 0.3) is 5.91 Å². The van der Waals surface area contributed by atoms with Crippen LogP contribution in [0.5, 0.6) is 0 Å². The average molecular weight is 408 g/mol. The number of halogens is 3. The van der Waals surface area contributed by atoms with Crippen LogP contribution in [0, 0.1) is 17.8 Å². The molecule has 0 radical (unpaired) electrons. The van der Waals surface area contributed by atoms with Crippen molar-refractivity contribution in [2.45, 2.75) is 56.4 Å². The lowest BCUT2D eigenvalue weighted by atomic mass is 9.53. The molecule has 4 bridgehead atoms. The molecule has 0 aromatic rings. The van der Waals surface area contributed by atoms with Crippen molar-refractivity contribution in [3.8, 4) is 0 Å². The minimum atomic E-state index is -4.26. The maximum absolute atomic E-state index is 13.3. The molecule has 0 saturated heterocycles. The molecule has 0 spiro atoms. The number of hydrogen-bond acceptors (Lipinski definition) is 4. The fourth-order valence-electron chi connectivity index (χ4n) is 6.50. The third kappa shape index (κ3) is 3.67. The quantitative estimate of drug-likeness (QED) is 0.655. The topological polar surface area (TPSA) is 56.4 Å². The van der Waals surface area contributed by atoms with Gasteiger partial charge in [-0.05, 0) is 68.4 Å². The van der Waals surface area contributed by atoms with Crippen molar-refractivity contribution in [3.05, 3.63) is 35.8 Å². The zero-order valence-electron chi connectivity index (χ0n) is 16.3.